The van der Waals surface area contributed by atoms with Crippen LogP contribution in [0.1, 0.15) is 18.2 Å². The van der Waals surface area contributed by atoms with Crippen LogP contribution in [0.3, 0.4) is 0 Å². The number of pyridine rings is 1. The Morgan fingerprint density at radius 1 is 1.22 bits per heavy atom. The van der Waals surface area contributed by atoms with Gasteiger partial charge in [0, 0.05) is 25.8 Å². The summed E-state index contributed by atoms with van der Waals surface area (Å²) in [6.07, 6.45) is -2.48. The minimum absolute atomic E-state index is 0.0339. The van der Waals surface area contributed by atoms with Crippen molar-refractivity contribution in [3.63, 3.8) is 0 Å². The van der Waals surface area contributed by atoms with Crippen molar-refractivity contribution in [2.75, 3.05) is 36.6 Å². The second kappa shape index (κ2) is 8.50. The number of rotatable bonds is 7. The number of aromatic nitrogens is 3. The van der Waals surface area contributed by atoms with Gasteiger partial charge in [-0.05, 0) is 20.0 Å². The highest BCUT2D eigenvalue weighted by molar-refractivity contribution is 5.65. The molecule has 27 heavy (non-hydrogen) atoms. The summed E-state index contributed by atoms with van der Waals surface area (Å²) in [6, 6.07) is 3.76. The van der Waals surface area contributed by atoms with E-state index < -0.39 is 11.7 Å². The first-order chi connectivity index (χ1) is 12.8. The van der Waals surface area contributed by atoms with Crippen molar-refractivity contribution in [3.8, 4) is 6.07 Å². The average Bonchev–Trinajstić information content (AvgIpc) is 2.65. The molecule has 4 N–H and O–H groups in total. The fourth-order valence-corrected chi connectivity index (χ4v) is 2.09. The molecule has 0 saturated carbocycles. The summed E-state index contributed by atoms with van der Waals surface area (Å²) in [6.45, 7) is 2.51. The summed E-state index contributed by atoms with van der Waals surface area (Å²) in [4.78, 5) is 11.6. The molecule has 0 aliphatic rings. The summed E-state index contributed by atoms with van der Waals surface area (Å²) in [7, 11) is 3.16. The summed E-state index contributed by atoms with van der Waals surface area (Å²) in [5, 5.41) is 20.5. The third-order valence-corrected chi connectivity index (χ3v) is 3.67. The molecule has 2 aromatic rings. The van der Waals surface area contributed by atoms with E-state index in [2.05, 4.69) is 36.2 Å². The van der Waals surface area contributed by atoms with Gasteiger partial charge < -0.3 is 21.3 Å². The molecule has 0 radical (unpaired) electrons. The zero-order chi connectivity index (χ0) is 20.0. The van der Waals surface area contributed by atoms with Crippen molar-refractivity contribution in [2.24, 2.45) is 0 Å². The highest BCUT2D eigenvalue weighted by atomic mass is 19.4. The zero-order valence-corrected chi connectivity index (χ0v) is 14.9. The number of nitrogens with one attached hydrogen (secondary N) is 4. The fraction of sp³-hybridized carbons (Fsp3) is 0.375. The first-order valence-corrected chi connectivity index (χ1v) is 7.98. The molecule has 8 nitrogen and oxygen atoms in total. The molecule has 0 aliphatic heterocycles. The molecule has 1 atom stereocenters. The first-order valence-electron chi connectivity index (χ1n) is 7.98. The van der Waals surface area contributed by atoms with Gasteiger partial charge in [-0.1, -0.05) is 0 Å². The van der Waals surface area contributed by atoms with Crippen LogP contribution < -0.4 is 21.3 Å². The number of alkyl halides is 3. The standard InChI is InChI=1S/C16H19F3N8/c1-9(21-2)6-23-12-4-10(7-24-13(12)5-20)26-15-25-8-11(16(17,18)19)14(22-3)27-15/h4,7-9,21,23H,6H2,1-3H3,(H2,22,25,26,27). The van der Waals surface area contributed by atoms with Crippen LogP contribution in [0, 0.1) is 11.3 Å². The Morgan fingerprint density at radius 3 is 2.56 bits per heavy atom. The van der Waals surface area contributed by atoms with Gasteiger partial charge >= 0.3 is 6.18 Å². The van der Waals surface area contributed by atoms with Crippen LogP contribution in [-0.4, -0.2) is 41.6 Å². The van der Waals surface area contributed by atoms with E-state index in [-0.39, 0.29) is 23.5 Å². The van der Waals surface area contributed by atoms with Crippen LogP contribution in [0.15, 0.2) is 18.5 Å². The van der Waals surface area contributed by atoms with Crippen molar-refractivity contribution in [2.45, 2.75) is 19.1 Å². The van der Waals surface area contributed by atoms with Gasteiger partial charge in [-0.15, -0.1) is 0 Å². The van der Waals surface area contributed by atoms with Crippen LogP contribution in [0.4, 0.5) is 36.3 Å². The van der Waals surface area contributed by atoms with E-state index in [1.165, 1.54) is 13.2 Å². The van der Waals surface area contributed by atoms with Gasteiger partial charge in [-0.3, -0.25) is 0 Å². The quantitative estimate of drug-likeness (QED) is 0.580. The van der Waals surface area contributed by atoms with Crippen molar-refractivity contribution < 1.29 is 13.2 Å². The molecular weight excluding hydrogens is 361 g/mol. The smallest absolute Gasteiger partial charge is 0.381 e. The van der Waals surface area contributed by atoms with Crippen LogP contribution in [-0.2, 0) is 6.18 Å². The minimum atomic E-state index is -4.56. The van der Waals surface area contributed by atoms with Gasteiger partial charge in [0.05, 0.1) is 17.6 Å². The molecule has 2 aromatic heterocycles. The highest BCUT2D eigenvalue weighted by Gasteiger charge is 2.35. The van der Waals surface area contributed by atoms with Gasteiger partial charge in [0.15, 0.2) is 5.69 Å². The lowest BCUT2D eigenvalue weighted by Gasteiger charge is -2.15. The van der Waals surface area contributed by atoms with Gasteiger partial charge in [0.2, 0.25) is 5.95 Å². The van der Waals surface area contributed by atoms with Crippen molar-refractivity contribution in [1.29, 1.82) is 5.26 Å². The Morgan fingerprint density at radius 2 is 1.96 bits per heavy atom. The van der Waals surface area contributed by atoms with Crippen molar-refractivity contribution >= 4 is 23.1 Å². The summed E-state index contributed by atoms with van der Waals surface area (Å²) >= 11 is 0. The Bertz CT molecular complexity index is 831. The van der Waals surface area contributed by atoms with Gasteiger partial charge in [-0.25, -0.2) is 9.97 Å². The maximum atomic E-state index is 12.9. The van der Waals surface area contributed by atoms with E-state index in [9.17, 15) is 13.2 Å². The topological polar surface area (TPSA) is 111 Å². The predicted molar refractivity (Wildman–Crippen MR) is 95.8 cm³/mol. The number of hydrogen-bond donors (Lipinski definition) is 4. The predicted octanol–water partition coefficient (Wildman–Crippen LogP) is 2.57. The molecule has 11 heteroatoms. The second-order valence-electron chi connectivity index (χ2n) is 5.63. The SMILES string of the molecule is CNc1nc(Nc2cnc(C#N)c(NCC(C)NC)c2)ncc1C(F)(F)F. The molecule has 144 valence electrons. The second-order valence-corrected chi connectivity index (χ2v) is 5.63. The third-order valence-electron chi connectivity index (χ3n) is 3.67. The lowest BCUT2D eigenvalue weighted by molar-refractivity contribution is -0.137. The van der Waals surface area contributed by atoms with Crippen LogP contribution in [0.2, 0.25) is 0 Å². The van der Waals surface area contributed by atoms with Crippen molar-refractivity contribution in [3.05, 3.63) is 29.7 Å². The number of nitriles is 1. The van der Waals surface area contributed by atoms with Crippen molar-refractivity contribution in [1.82, 2.24) is 20.3 Å². The van der Waals surface area contributed by atoms with Crippen LogP contribution >= 0.6 is 0 Å². The largest absolute Gasteiger partial charge is 0.421 e. The molecule has 2 rings (SSSR count). The highest BCUT2D eigenvalue weighted by Crippen LogP contribution is 2.33. The average molecular weight is 380 g/mol. The molecule has 0 fully saturated rings. The van der Waals surface area contributed by atoms with E-state index in [0.717, 1.165) is 0 Å². The maximum absolute atomic E-state index is 12.9. The summed E-state index contributed by atoms with van der Waals surface area (Å²) in [5.74, 6) is -0.379. The molecule has 1 unspecified atom stereocenters. The van der Waals surface area contributed by atoms with Gasteiger partial charge in [0.25, 0.3) is 0 Å². The summed E-state index contributed by atoms with van der Waals surface area (Å²) in [5.41, 5.74) is 0.158. The van der Waals surface area contributed by atoms with Gasteiger partial charge in [0.1, 0.15) is 17.5 Å². The monoisotopic (exact) mass is 380 g/mol. The lowest BCUT2D eigenvalue weighted by atomic mass is 10.2. The number of halogens is 3. The molecule has 0 bridgehead atoms. The Balaban J connectivity index is 2.25. The normalized spacial score (nSPS) is 12.2. The van der Waals surface area contributed by atoms with E-state index in [0.29, 0.717) is 24.1 Å². The Hall–Kier alpha value is -3.13. The Labute approximate surface area is 154 Å². The van der Waals surface area contributed by atoms with E-state index >= 15 is 0 Å². The number of likely N-dealkylation sites (N-methyl/N-ethyl adjacent to an activating group) is 1. The molecule has 0 spiro atoms. The number of hydrogen-bond acceptors (Lipinski definition) is 8. The third kappa shape index (κ3) is 5.18. The summed E-state index contributed by atoms with van der Waals surface area (Å²) < 4.78 is 38.7. The maximum Gasteiger partial charge on any atom is 0.421 e. The van der Waals surface area contributed by atoms with Crippen LogP contribution in [0.5, 0.6) is 0 Å². The molecule has 0 saturated heterocycles. The molecule has 0 aromatic carbocycles. The fourth-order valence-electron chi connectivity index (χ4n) is 2.09. The van der Waals surface area contributed by atoms with E-state index in [1.54, 1.807) is 6.07 Å². The minimum Gasteiger partial charge on any atom is -0.381 e. The Kier molecular flexibility index (Phi) is 6.36. The number of anilines is 4. The van der Waals surface area contributed by atoms with E-state index in [4.69, 9.17) is 5.26 Å². The molecule has 0 aliphatic carbocycles. The molecule has 2 heterocycles. The molecular formula is C16H19F3N8. The van der Waals surface area contributed by atoms with Crippen LogP contribution in [0.25, 0.3) is 0 Å². The lowest BCUT2D eigenvalue weighted by Crippen LogP contribution is -2.29. The number of nitrogens with zero attached hydrogens (tertiary/aromatic N) is 4. The van der Waals surface area contributed by atoms with Gasteiger partial charge in [-0.2, -0.15) is 23.4 Å². The molecule has 0 amide bonds. The first kappa shape index (κ1) is 20.2. The van der Waals surface area contributed by atoms with E-state index in [1.807, 2.05) is 20.0 Å². The zero-order valence-electron chi connectivity index (χ0n) is 14.9.